The Kier molecular flexibility index (Phi) is 3.14. The van der Waals surface area contributed by atoms with Gasteiger partial charge in [-0.3, -0.25) is 0 Å². The first-order valence-electron chi connectivity index (χ1n) is 5.22. The standard InChI is InChI=1S/C11H7ClN4O2S/c1-17-9-4-6(13-5-14-9)10-15-11(18-16-10)7-2-3-8(12)19-7/h2-5H,1H3. The topological polar surface area (TPSA) is 73.9 Å². The SMILES string of the molecule is COc1cc(-c2noc(-c3ccc(Cl)s3)n2)ncn1. The smallest absolute Gasteiger partial charge is 0.268 e. The summed E-state index contributed by atoms with van der Waals surface area (Å²) >= 11 is 7.23. The molecule has 6 nitrogen and oxygen atoms in total. The van der Waals surface area contributed by atoms with Gasteiger partial charge in [0, 0.05) is 6.07 Å². The van der Waals surface area contributed by atoms with E-state index in [4.69, 9.17) is 20.9 Å². The molecule has 0 spiro atoms. The minimum Gasteiger partial charge on any atom is -0.481 e. The second kappa shape index (κ2) is 4.94. The van der Waals surface area contributed by atoms with Gasteiger partial charge in [0.1, 0.15) is 12.0 Å². The van der Waals surface area contributed by atoms with Crippen molar-refractivity contribution in [1.82, 2.24) is 20.1 Å². The van der Waals surface area contributed by atoms with E-state index < -0.39 is 0 Å². The summed E-state index contributed by atoms with van der Waals surface area (Å²) in [6.45, 7) is 0. The first kappa shape index (κ1) is 12.1. The van der Waals surface area contributed by atoms with Crippen LogP contribution in [0.15, 0.2) is 29.0 Å². The highest BCUT2D eigenvalue weighted by Gasteiger charge is 2.14. The summed E-state index contributed by atoms with van der Waals surface area (Å²) < 4.78 is 10.9. The van der Waals surface area contributed by atoms with E-state index in [1.165, 1.54) is 24.8 Å². The third-order valence-corrected chi connectivity index (χ3v) is 3.51. The Hall–Kier alpha value is -1.99. The van der Waals surface area contributed by atoms with Gasteiger partial charge < -0.3 is 9.26 Å². The van der Waals surface area contributed by atoms with Crippen molar-refractivity contribution >= 4 is 22.9 Å². The minimum absolute atomic E-state index is 0.375. The van der Waals surface area contributed by atoms with E-state index in [9.17, 15) is 0 Å². The first-order chi connectivity index (χ1) is 9.26. The lowest BCUT2D eigenvalue weighted by Gasteiger charge is -1.97. The molecule has 0 atom stereocenters. The van der Waals surface area contributed by atoms with Crippen LogP contribution in [0, 0.1) is 0 Å². The summed E-state index contributed by atoms with van der Waals surface area (Å²) in [7, 11) is 1.53. The molecule has 3 heterocycles. The van der Waals surface area contributed by atoms with Crippen molar-refractivity contribution in [3.63, 3.8) is 0 Å². The molecule has 0 aliphatic rings. The fourth-order valence-electron chi connectivity index (χ4n) is 1.43. The monoisotopic (exact) mass is 294 g/mol. The van der Waals surface area contributed by atoms with Gasteiger partial charge in [0.2, 0.25) is 11.7 Å². The number of methoxy groups -OCH3 is 1. The zero-order chi connectivity index (χ0) is 13.2. The molecule has 0 fully saturated rings. The molecule has 0 bridgehead atoms. The normalized spacial score (nSPS) is 10.6. The van der Waals surface area contributed by atoms with Crippen LogP contribution in [0.5, 0.6) is 5.88 Å². The fourth-order valence-corrected chi connectivity index (χ4v) is 2.40. The third-order valence-electron chi connectivity index (χ3n) is 2.29. The molecule has 19 heavy (non-hydrogen) atoms. The average Bonchev–Trinajstić information content (AvgIpc) is 3.07. The molecule has 0 aliphatic heterocycles. The molecule has 0 amide bonds. The van der Waals surface area contributed by atoms with E-state index in [0.29, 0.717) is 27.6 Å². The molecule has 8 heteroatoms. The molecular formula is C11H7ClN4O2S. The summed E-state index contributed by atoms with van der Waals surface area (Å²) in [6, 6.07) is 5.24. The van der Waals surface area contributed by atoms with E-state index in [-0.39, 0.29) is 0 Å². The van der Waals surface area contributed by atoms with Gasteiger partial charge in [-0.2, -0.15) is 4.98 Å². The molecule has 0 radical (unpaired) electrons. The number of nitrogens with zero attached hydrogens (tertiary/aromatic N) is 4. The van der Waals surface area contributed by atoms with Gasteiger partial charge in [0.25, 0.3) is 5.89 Å². The number of rotatable bonds is 3. The van der Waals surface area contributed by atoms with Crippen LogP contribution in [0.4, 0.5) is 0 Å². The van der Waals surface area contributed by atoms with Crippen LogP contribution in [0.3, 0.4) is 0 Å². The molecule has 0 aromatic carbocycles. The van der Waals surface area contributed by atoms with E-state index in [2.05, 4.69) is 20.1 Å². The van der Waals surface area contributed by atoms with Crippen molar-refractivity contribution < 1.29 is 9.26 Å². The third kappa shape index (κ3) is 2.42. The summed E-state index contributed by atoms with van der Waals surface area (Å²) in [6.07, 6.45) is 1.38. The van der Waals surface area contributed by atoms with E-state index in [1.807, 2.05) is 6.07 Å². The highest BCUT2D eigenvalue weighted by atomic mass is 35.5. The molecule has 0 saturated carbocycles. The Morgan fingerprint density at radius 1 is 1.32 bits per heavy atom. The molecule has 0 unspecified atom stereocenters. The highest BCUT2D eigenvalue weighted by Crippen LogP contribution is 2.30. The number of aromatic nitrogens is 4. The molecule has 96 valence electrons. The quantitative estimate of drug-likeness (QED) is 0.739. The zero-order valence-electron chi connectivity index (χ0n) is 9.70. The fraction of sp³-hybridized carbons (Fsp3) is 0.0909. The van der Waals surface area contributed by atoms with Crippen molar-refractivity contribution in [2.24, 2.45) is 0 Å². The predicted molar refractivity (Wildman–Crippen MR) is 70.2 cm³/mol. The van der Waals surface area contributed by atoms with Crippen molar-refractivity contribution in [3.05, 3.63) is 28.9 Å². The predicted octanol–water partition coefficient (Wildman–Crippen LogP) is 2.92. The summed E-state index contributed by atoms with van der Waals surface area (Å²) in [5.41, 5.74) is 0.532. The molecule has 3 aromatic rings. The van der Waals surface area contributed by atoms with Crippen LogP contribution in [0.1, 0.15) is 0 Å². The molecule has 3 rings (SSSR count). The summed E-state index contributed by atoms with van der Waals surface area (Å²) in [5.74, 6) is 1.22. The van der Waals surface area contributed by atoms with Gasteiger partial charge >= 0.3 is 0 Å². The lowest BCUT2D eigenvalue weighted by atomic mass is 10.4. The highest BCUT2D eigenvalue weighted by molar-refractivity contribution is 7.19. The maximum atomic E-state index is 5.87. The number of hydrogen-bond donors (Lipinski definition) is 0. The molecule has 3 aromatic heterocycles. The summed E-state index contributed by atoms with van der Waals surface area (Å²) in [5, 5.41) is 3.88. The largest absolute Gasteiger partial charge is 0.481 e. The Labute approximate surface area is 117 Å². The second-order valence-electron chi connectivity index (χ2n) is 3.47. The van der Waals surface area contributed by atoms with Gasteiger partial charge in [0.15, 0.2) is 0 Å². The van der Waals surface area contributed by atoms with Crippen molar-refractivity contribution in [1.29, 1.82) is 0 Å². The van der Waals surface area contributed by atoms with Gasteiger partial charge in [0.05, 0.1) is 16.3 Å². The van der Waals surface area contributed by atoms with E-state index >= 15 is 0 Å². The van der Waals surface area contributed by atoms with Crippen LogP contribution in [0.2, 0.25) is 4.34 Å². The van der Waals surface area contributed by atoms with Crippen molar-refractivity contribution in [3.8, 4) is 28.2 Å². The van der Waals surface area contributed by atoms with Crippen LogP contribution in [-0.4, -0.2) is 27.2 Å². The zero-order valence-corrected chi connectivity index (χ0v) is 11.3. The number of thiophene rings is 1. The summed E-state index contributed by atoms with van der Waals surface area (Å²) in [4.78, 5) is 13.1. The molecular weight excluding hydrogens is 288 g/mol. The van der Waals surface area contributed by atoms with Gasteiger partial charge in [-0.05, 0) is 12.1 Å². The number of hydrogen-bond acceptors (Lipinski definition) is 7. The molecule has 0 saturated heterocycles. The Balaban J connectivity index is 1.96. The maximum absolute atomic E-state index is 5.87. The van der Waals surface area contributed by atoms with Crippen LogP contribution < -0.4 is 4.74 Å². The van der Waals surface area contributed by atoms with Gasteiger partial charge in [-0.15, -0.1) is 11.3 Å². The Bertz CT molecular complexity index is 712. The number of halogens is 1. The molecule has 0 N–H and O–H groups in total. The van der Waals surface area contributed by atoms with Crippen molar-refractivity contribution in [2.45, 2.75) is 0 Å². The van der Waals surface area contributed by atoms with E-state index in [1.54, 1.807) is 12.1 Å². The molecule has 0 aliphatic carbocycles. The van der Waals surface area contributed by atoms with Gasteiger partial charge in [-0.25, -0.2) is 9.97 Å². The number of ether oxygens (including phenoxy) is 1. The van der Waals surface area contributed by atoms with E-state index in [0.717, 1.165) is 4.88 Å². The van der Waals surface area contributed by atoms with Crippen molar-refractivity contribution in [2.75, 3.05) is 7.11 Å². The minimum atomic E-state index is 0.375. The van der Waals surface area contributed by atoms with Crippen LogP contribution >= 0.6 is 22.9 Å². The average molecular weight is 295 g/mol. The Morgan fingerprint density at radius 3 is 2.95 bits per heavy atom. The van der Waals surface area contributed by atoms with Crippen LogP contribution in [-0.2, 0) is 0 Å². The first-order valence-corrected chi connectivity index (χ1v) is 6.41. The Morgan fingerprint density at radius 2 is 2.21 bits per heavy atom. The lowest BCUT2D eigenvalue weighted by Crippen LogP contribution is -1.91. The second-order valence-corrected chi connectivity index (χ2v) is 5.19. The maximum Gasteiger partial charge on any atom is 0.268 e. The van der Waals surface area contributed by atoms with Gasteiger partial charge in [-0.1, -0.05) is 16.8 Å². The van der Waals surface area contributed by atoms with Crippen LogP contribution in [0.25, 0.3) is 22.3 Å². The lowest BCUT2D eigenvalue weighted by molar-refractivity contribution is 0.397.